The second-order valence-electron chi connectivity index (χ2n) is 5.26. The van der Waals surface area contributed by atoms with Crippen molar-refractivity contribution in [3.63, 3.8) is 0 Å². The number of aromatic nitrogens is 3. The summed E-state index contributed by atoms with van der Waals surface area (Å²) in [6.45, 7) is 6.18. The van der Waals surface area contributed by atoms with Gasteiger partial charge in [-0.25, -0.2) is 0 Å². The number of nitrogens with zero attached hydrogens (tertiary/aromatic N) is 4. The SMILES string of the molecule is C=CCn1c(C)nnc1SCC(=O)N1CC(=O)Nc2ccccc21. The van der Waals surface area contributed by atoms with Crippen LogP contribution in [0.1, 0.15) is 5.82 Å². The first-order chi connectivity index (χ1) is 11.6. The molecule has 0 atom stereocenters. The van der Waals surface area contributed by atoms with Crippen molar-refractivity contribution in [2.45, 2.75) is 18.6 Å². The summed E-state index contributed by atoms with van der Waals surface area (Å²) in [5, 5.41) is 11.6. The van der Waals surface area contributed by atoms with E-state index in [9.17, 15) is 9.59 Å². The molecule has 0 saturated heterocycles. The number of hydrogen-bond acceptors (Lipinski definition) is 5. The molecule has 7 nitrogen and oxygen atoms in total. The summed E-state index contributed by atoms with van der Waals surface area (Å²) in [7, 11) is 0. The number of aryl methyl sites for hydroxylation is 1. The summed E-state index contributed by atoms with van der Waals surface area (Å²) in [5.41, 5.74) is 1.37. The van der Waals surface area contributed by atoms with Crippen LogP contribution in [-0.2, 0) is 16.1 Å². The van der Waals surface area contributed by atoms with Crippen LogP contribution in [0, 0.1) is 6.92 Å². The average molecular weight is 343 g/mol. The van der Waals surface area contributed by atoms with E-state index in [1.165, 1.54) is 16.7 Å². The third kappa shape index (κ3) is 3.18. The Morgan fingerprint density at radius 2 is 2.21 bits per heavy atom. The molecule has 124 valence electrons. The Morgan fingerprint density at radius 1 is 1.42 bits per heavy atom. The van der Waals surface area contributed by atoms with Gasteiger partial charge in [0, 0.05) is 6.54 Å². The van der Waals surface area contributed by atoms with Crippen molar-refractivity contribution in [3.8, 4) is 0 Å². The van der Waals surface area contributed by atoms with Gasteiger partial charge in [-0.2, -0.15) is 0 Å². The molecule has 24 heavy (non-hydrogen) atoms. The van der Waals surface area contributed by atoms with Crippen molar-refractivity contribution in [1.29, 1.82) is 0 Å². The minimum Gasteiger partial charge on any atom is -0.323 e. The van der Waals surface area contributed by atoms with Gasteiger partial charge in [0.15, 0.2) is 5.16 Å². The second-order valence-corrected chi connectivity index (χ2v) is 6.21. The fourth-order valence-corrected chi connectivity index (χ4v) is 3.34. The van der Waals surface area contributed by atoms with Gasteiger partial charge in [0.25, 0.3) is 0 Å². The van der Waals surface area contributed by atoms with Crippen LogP contribution in [0.4, 0.5) is 11.4 Å². The van der Waals surface area contributed by atoms with E-state index in [1.807, 2.05) is 29.7 Å². The number of carbonyl (C=O) groups is 2. The highest BCUT2D eigenvalue weighted by atomic mass is 32.2. The number of thioether (sulfide) groups is 1. The zero-order chi connectivity index (χ0) is 17.1. The standard InChI is InChI=1S/C16H17N5O2S/c1-3-8-20-11(2)18-19-16(20)24-10-15(23)21-9-14(22)17-12-6-4-5-7-13(12)21/h3-7H,1,8-10H2,2H3,(H,17,22). The Morgan fingerprint density at radius 3 is 3.00 bits per heavy atom. The van der Waals surface area contributed by atoms with Crippen molar-refractivity contribution in [2.24, 2.45) is 0 Å². The molecule has 8 heteroatoms. The van der Waals surface area contributed by atoms with Gasteiger partial charge in [-0.05, 0) is 19.1 Å². The van der Waals surface area contributed by atoms with Gasteiger partial charge < -0.3 is 14.8 Å². The third-order valence-electron chi connectivity index (χ3n) is 3.61. The molecule has 1 aromatic carbocycles. The van der Waals surface area contributed by atoms with Gasteiger partial charge in [0.05, 0.1) is 17.1 Å². The minimum atomic E-state index is -0.197. The fraction of sp³-hybridized carbons (Fsp3) is 0.250. The smallest absolute Gasteiger partial charge is 0.244 e. The van der Waals surface area contributed by atoms with Gasteiger partial charge in [0.2, 0.25) is 11.8 Å². The van der Waals surface area contributed by atoms with E-state index >= 15 is 0 Å². The Labute approximate surface area is 143 Å². The van der Waals surface area contributed by atoms with Gasteiger partial charge in [-0.15, -0.1) is 16.8 Å². The fourth-order valence-electron chi connectivity index (χ4n) is 2.47. The number of rotatable bonds is 5. The maximum atomic E-state index is 12.6. The first-order valence-electron chi connectivity index (χ1n) is 7.43. The summed E-state index contributed by atoms with van der Waals surface area (Å²) in [4.78, 5) is 25.9. The Bertz CT molecular complexity index is 802. The molecular weight excluding hydrogens is 326 g/mol. The van der Waals surface area contributed by atoms with E-state index in [4.69, 9.17) is 0 Å². The van der Waals surface area contributed by atoms with Crippen LogP contribution >= 0.6 is 11.8 Å². The highest BCUT2D eigenvalue weighted by Gasteiger charge is 2.26. The molecule has 0 saturated carbocycles. The number of amides is 2. The summed E-state index contributed by atoms with van der Waals surface area (Å²) in [5.74, 6) is 0.607. The van der Waals surface area contributed by atoms with Crippen LogP contribution in [0.2, 0.25) is 0 Å². The van der Waals surface area contributed by atoms with Crippen LogP contribution < -0.4 is 10.2 Å². The number of hydrogen-bond donors (Lipinski definition) is 1. The predicted octanol–water partition coefficient (Wildman–Crippen LogP) is 1.85. The molecule has 0 spiro atoms. The lowest BCUT2D eigenvalue weighted by Gasteiger charge is -2.29. The molecule has 0 aliphatic carbocycles. The summed E-state index contributed by atoms with van der Waals surface area (Å²) in [6.07, 6.45) is 1.76. The largest absolute Gasteiger partial charge is 0.323 e. The van der Waals surface area contributed by atoms with Crippen LogP contribution in [0.5, 0.6) is 0 Å². The van der Waals surface area contributed by atoms with E-state index in [2.05, 4.69) is 22.1 Å². The first-order valence-corrected chi connectivity index (χ1v) is 8.41. The molecule has 2 amide bonds. The normalized spacial score (nSPS) is 13.4. The molecule has 2 aromatic rings. The van der Waals surface area contributed by atoms with E-state index in [1.54, 1.807) is 12.1 Å². The molecular formula is C16H17N5O2S. The Hall–Kier alpha value is -2.61. The van der Waals surface area contributed by atoms with Crippen molar-refractivity contribution in [3.05, 3.63) is 42.7 Å². The van der Waals surface area contributed by atoms with Crippen molar-refractivity contribution < 1.29 is 9.59 Å². The molecule has 0 radical (unpaired) electrons. The number of fused-ring (bicyclic) bond motifs is 1. The number of benzene rings is 1. The van der Waals surface area contributed by atoms with Crippen LogP contribution in [0.15, 0.2) is 42.1 Å². The second kappa shape index (κ2) is 6.88. The summed E-state index contributed by atoms with van der Waals surface area (Å²) < 4.78 is 1.89. The number of anilines is 2. The molecule has 1 aliphatic rings. The molecule has 2 heterocycles. The van der Waals surface area contributed by atoms with Crippen LogP contribution in [-0.4, -0.2) is 38.9 Å². The van der Waals surface area contributed by atoms with Gasteiger partial charge in [-0.1, -0.05) is 30.0 Å². The molecule has 1 aliphatic heterocycles. The molecule has 0 bridgehead atoms. The zero-order valence-electron chi connectivity index (χ0n) is 13.2. The monoisotopic (exact) mass is 343 g/mol. The maximum Gasteiger partial charge on any atom is 0.244 e. The highest BCUT2D eigenvalue weighted by Crippen LogP contribution is 2.29. The number of para-hydroxylation sites is 2. The Kier molecular flexibility index (Phi) is 4.66. The van der Waals surface area contributed by atoms with E-state index < -0.39 is 0 Å². The van der Waals surface area contributed by atoms with E-state index in [-0.39, 0.29) is 24.1 Å². The molecule has 1 aromatic heterocycles. The van der Waals surface area contributed by atoms with E-state index in [0.717, 1.165) is 5.82 Å². The molecule has 0 unspecified atom stereocenters. The zero-order valence-corrected chi connectivity index (χ0v) is 14.0. The minimum absolute atomic E-state index is 0.0226. The van der Waals surface area contributed by atoms with Gasteiger partial charge in [0.1, 0.15) is 12.4 Å². The van der Waals surface area contributed by atoms with Gasteiger partial charge in [-0.3, -0.25) is 9.59 Å². The maximum absolute atomic E-state index is 12.6. The summed E-state index contributed by atoms with van der Waals surface area (Å²) >= 11 is 1.30. The highest BCUT2D eigenvalue weighted by molar-refractivity contribution is 7.99. The quantitative estimate of drug-likeness (QED) is 0.662. The van der Waals surface area contributed by atoms with Crippen molar-refractivity contribution in [1.82, 2.24) is 14.8 Å². The number of carbonyl (C=O) groups excluding carboxylic acids is 2. The lowest BCUT2D eigenvalue weighted by atomic mass is 10.2. The number of allylic oxidation sites excluding steroid dienone is 1. The number of nitrogens with one attached hydrogen (secondary N) is 1. The molecule has 0 fully saturated rings. The predicted molar refractivity (Wildman–Crippen MR) is 93.1 cm³/mol. The van der Waals surface area contributed by atoms with E-state index in [0.29, 0.717) is 23.1 Å². The van der Waals surface area contributed by atoms with Crippen molar-refractivity contribution in [2.75, 3.05) is 22.5 Å². The average Bonchev–Trinajstić information content (AvgIpc) is 2.92. The Balaban J connectivity index is 1.74. The first kappa shape index (κ1) is 16.3. The lowest BCUT2D eigenvalue weighted by Crippen LogP contribution is -2.43. The van der Waals surface area contributed by atoms with Gasteiger partial charge >= 0.3 is 0 Å². The summed E-state index contributed by atoms with van der Waals surface area (Å²) in [6, 6.07) is 7.27. The van der Waals surface area contributed by atoms with Crippen molar-refractivity contribution >= 4 is 35.0 Å². The molecule has 3 rings (SSSR count). The van der Waals surface area contributed by atoms with Crippen LogP contribution in [0.25, 0.3) is 0 Å². The lowest BCUT2D eigenvalue weighted by molar-refractivity contribution is -0.120. The van der Waals surface area contributed by atoms with Crippen LogP contribution in [0.3, 0.4) is 0 Å². The third-order valence-corrected chi connectivity index (χ3v) is 4.56. The molecule has 1 N–H and O–H groups in total. The topological polar surface area (TPSA) is 80.1 Å².